The van der Waals surface area contributed by atoms with Crippen LogP contribution in [0.4, 0.5) is 0 Å². The molecule has 0 saturated carbocycles. The van der Waals surface area contributed by atoms with Gasteiger partial charge in [0.05, 0.1) is 11.6 Å². The van der Waals surface area contributed by atoms with E-state index in [1.54, 1.807) is 23.9 Å². The second-order valence-electron chi connectivity index (χ2n) is 8.17. The molecule has 1 fully saturated rings. The van der Waals surface area contributed by atoms with Crippen LogP contribution < -0.4 is 10.1 Å². The highest BCUT2D eigenvalue weighted by molar-refractivity contribution is 7.98. The lowest BCUT2D eigenvalue weighted by Gasteiger charge is -2.35. The van der Waals surface area contributed by atoms with Crippen molar-refractivity contribution >= 4 is 39.1 Å². The predicted molar refractivity (Wildman–Crippen MR) is 141 cm³/mol. The average Bonchev–Trinajstić information content (AvgIpc) is 2.81. The van der Waals surface area contributed by atoms with E-state index in [2.05, 4.69) is 11.6 Å². The molecular formula is C24H30N4O3S3. The molecule has 0 aliphatic carbocycles. The number of piperazine rings is 1. The fourth-order valence-corrected chi connectivity index (χ4v) is 6.06. The van der Waals surface area contributed by atoms with Crippen molar-refractivity contribution in [2.75, 3.05) is 44.7 Å². The van der Waals surface area contributed by atoms with Crippen molar-refractivity contribution in [3.8, 4) is 17.6 Å². The van der Waals surface area contributed by atoms with E-state index in [4.69, 9.17) is 17.0 Å². The van der Waals surface area contributed by atoms with Gasteiger partial charge in [-0.05, 0) is 86.0 Å². The molecule has 10 heteroatoms. The van der Waals surface area contributed by atoms with E-state index in [0.29, 0.717) is 37.0 Å². The van der Waals surface area contributed by atoms with E-state index < -0.39 is 10.0 Å². The molecule has 1 heterocycles. The molecule has 0 amide bonds. The average molecular weight is 519 g/mol. The summed E-state index contributed by atoms with van der Waals surface area (Å²) in [4.78, 5) is 2.00. The van der Waals surface area contributed by atoms with Gasteiger partial charge in [-0.3, -0.25) is 0 Å². The summed E-state index contributed by atoms with van der Waals surface area (Å²) in [6, 6.07) is 12.3. The zero-order chi connectivity index (χ0) is 24.7. The Morgan fingerprint density at radius 3 is 2.44 bits per heavy atom. The molecule has 0 aromatic heterocycles. The van der Waals surface area contributed by atoms with Crippen LogP contribution in [-0.4, -0.2) is 67.5 Å². The number of hydrogen-bond donors (Lipinski definition) is 1. The van der Waals surface area contributed by atoms with Crippen LogP contribution in [0.25, 0.3) is 0 Å². The summed E-state index contributed by atoms with van der Waals surface area (Å²) in [6.07, 6.45) is 3.09. The normalized spacial score (nSPS) is 14.5. The number of thiocarbonyl (C=S) groups is 1. The fraction of sp³-hybridized carbons (Fsp3) is 0.417. The summed E-state index contributed by atoms with van der Waals surface area (Å²) in [7, 11) is -3.87. The van der Waals surface area contributed by atoms with Gasteiger partial charge in [-0.2, -0.15) is 21.3 Å². The quantitative estimate of drug-likeness (QED) is 0.416. The third-order valence-corrected chi connectivity index (χ3v) is 8.46. The minimum absolute atomic E-state index is 0.00285. The minimum Gasteiger partial charge on any atom is -0.456 e. The first-order valence-corrected chi connectivity index (χ1v) is 14.3. The first-order valence-electron chi connectivity index (χ1n) is 11.1. The molecular weight excluding hydrogens is 488 g/mol. The number of ether oxygens (including phenoxy) is 1. The van der Waals surface area contributed by atoms with Crippen molar-refractivity contribution in [3.63, 3.8) is 0 Å². The third kappa shape index (κ3) is 6.63. The van der Waals surface area contributed by atoms with Crippen LogP contribution in [0.15, 0.2) is 41.3 Å². The van der Waals surface area contributed by atoms with Gasteiger partial charge in [-0.15, -0.1) is 0 Å². The van der Waals surface area contributed by atoms with Crippen LogP contribution in [0, 0.1) is 25.2 Å². The van der Waals surface area contributed by atoms with E-state index in [-0.39, 0.29) is 16.2 Å². The molecule has 0 spiro atoms. The Hall–Kier alpha value is -2.32. The number of nitrogens with zero attached hydrogens (tertiary/aromatic N) is 3. The van der Waals surface area contributed by atoms with E-state index in [0.717, 1.165) is 29.8 Å². The molecule has 1 aliphatic rings. The molecule has 1 saturated heterocycles. The number of aryl methyl sites for hydroxylation is 2. The van der Waals surface area contributed by atoms with Gasteiger partial charge >= 0.3 is 0 Å². The van der Waals surface area contributed by atoms with E-state index in [1.807, 2.05) is 43.0 Å². The smallest absolute Gasteiger partial charge is 0.246 e. The van der Waals surface area contributed by atoms with Gasteiger partial charge < -0.3 is 15.0 Å². The Balaban J connectivity index is 1.77. The zero-order valence-electron chi connectivity index (χ0n) is 19.7. The monoisotopic (exact) mass is 518 g/mol. The number of hydrogen-bond acceptors (Lipinski definition) is 6. The molecule has 34 heavy (non-hydrogen) atoms. The first-order chi connectivity index (χ1) is 16.2. The summed E-state index contributed by atoms with van der Waals surface area (Å²) < 4.78 is 34.6. The molecule has 0 radical (unpaired) electrons. The predicted octanol–water partition coefficient (Wildman–Crippen LogP) is 3.90. The molecule has 2 aromatic carbocycles. The van der Waals surface area contributed by atoms with Gasteiger partial charge in [-0.25, -0.2) is 8.42 Å². The number of nitrogens with one attached hydrogen (secondary N) is 1. The third-order valence-electron chi connectivity index (χ3n) is 5.44. The van der Waals surface area contributed by atoms with Gasteiger partial charge in [0.1, 0.15) is 16.4 Å². The molecule has 0 unspecified atom stereocenters. The number of rotatable bonds is 8. The Kier molecular flexibility index (Phi) is 9.19. The summed E-state index contributed by atoms with van der Waals surface area (Å²) in [5.74, 6) is 1.83. The minimum atomic E-state index is -3.87. The van der Waals surface area contributed by atoms with Gasteiger partial charge in [-0.1, -0.05) is 6.07 Å². The van der Waals surface area contributed by atoms with Crippen LogP contribution in [-0.2, 0) is 10.0 Å². The van der Waals surface area contributed by atoms with E-state index in [9.17, 15) is 13.7 Å². The largest absolute Gasteiger partial charge is 0.456 e. The highest BCUT2D eigenvalue weighted by Crippen LogP contribution is 2.33. The van der Waals surface area contributed by atoms with Crippen LogP contribution >= 0.6 is 24.0 Å². The summed E-state index contributed by atoms with van der Waals surface area (Å²) in [5, 5.41) is 13.3. The Morgan fingerprint density at radius 2 is 1.82 bits per heavy atom. The molecule has 1 aliphatic heterocycles. The number of benzene rings is 2. The molecule has 3 rings (SSSR count). The summed E-state index contributed by atoms with van der Waals surface area (Å²) >= 11 is 7.28. The highest BCUT2D eigenvalue weighted by Gasteiger charge is 2.32. The zero-order valence-corrected chi connectivity index (χ0v) is 22.2. The molecule has 2 aromatic rings. The maximum Gasteiger partial charge on any atom is 0.246 e. The van der Waals surface area contributed by atoms with Crippen molar-refractivity contribution in [1.82, 2.24) is 14.5 Å². The number of sulfonamides is 1. The number of thioether (sulfide) groups is 1. The van der Waals surface area contributed by atoms with Crippen molar-refractivity contribution in [3.05, 3.63) is 53.1 Å². The Labute approximate surface area is 212 Å². The van der Waals surface area contributed by atoms with Gasteiger partial charge in [0.15, 0.2) is 5.11 Å². The summed E-state index contributed by atoms with van der Waals surface area (Å²) in [5.41, 5.74) is 2.30. The highest BCUT2D eigenvalue weighted by atomic mass is 32.2. The molecule has 0 atom stereocenters. The lowest BCUT2D eigenvalue weighted by molar-refractivity contribution is 0.263. The number of nitriles is 1. The Morgan fingerprint density at radius 1 is 1.15 bits per heavy atom. The maximum absolute atomic E-state index is 13.6. The van der Waals surface area contributed by atoms with Crippen LogP contribution in [0.2, 0.25) is 0 Å². The van der Waals surface area contributed by atoms with Crippen LogP contribution in [0.1, 0.15) is 23.1 Å². The lowest BCUT2D eigenvalue weighted by Crippen LogP contribution is -2.53. The first kappa shape index (κ1) is 26.3. The molecule has 7 nitrogen and oxygen atoms in total. The van der Waals surface area contributed by atoms with E-state index >= 15 is 0 Å². The van der Waals surface area contributed by atoms with Gasteiger partial charge in [0, 0.05) is 32.7 Å². The molecule has 0 bridgehead atoms. The molecule has 182 valence electrons. The molecule has 1 N–H and O–H groups in total. The van der Waals surface area contributed by atoms with Crippen molar-refractivity contribution in [1.29, 1.82) is 5.26 Å². The fourth-order valence-electron chi connectivity index (χ4n) is 3.78. The van der Waals surface area contributed by atoms with Crippen LogP contribution in [0.5, 0.6) is 11.5 Å². The standard InChI is InChI=1S/C24H30N4O3S3/c1-18-13-19(2)15-21(14-18)31-22-6-5-20(17-25)16-23(22)34(29,30)28-10-8-27(9-11-28)24(32)26-7-4-12-33-3/h5-6,13-16H,4,7-12H2,1-3H3,(H,26,32). The topological polar surface area (TPSA) is 85.7 Å². The van der Waals surface area contributed by atoms with Gasteiger partial charge in [0.2, 0.25) is 10.0 Å². The van der Waals surface area contributed by atoms with E-state index in [1.165, 1.54) is 10.4 Å². The van der Waals surface area contributed by atoms with Crippen molar-refractivity contribution in [2.24, 2.45) is 0 Å². The van der Waals surface area contributed by atoms with Gasteiger partial charge in [0.25, 0.3) is 0 Å². The van der Waals surface area contributed by atoms with Crippen molar-refractivity contribution < 1.29 is 13.2 Å². The summed E-state index contributed by atoms with van der Waals surface area (Å²) in [6.45, 7) is 6.31. The SMILES string of the molecule is CSCCCNC(=S)N1CCN(S(=O)(=O)c2cc(C#N)ccc2Oc2cc(C)cc(C)c2)CC1. The van der Waals surface area contributed by atoms with Crippen molar-refractivity contribution in [2.45, 2.75) is 25.2 Å². The lowest BCUT2D eigenvalue weighted by atomic mass is 10.1. The maximum atomic E-state index is 13.6. The second-order valence-corrected chi connectivity index (χ2v) is 11.4. The second kappa shape index (κ2) is 11.9. The Bertz CT molecular complexity index is 1150. The van der Waals surface area contributed by atoms with Crippen LogP contribution in [0.3, 0.4) is 0 Å².